The Morgan fingerprint density at radius 3 is 2.47 bits per heavy atom. The molecule has 0 saturated carbocycles. The highest BCUT2D eigenvalue weighted by atomic mass is 16.6. The molecule has 0 spiro atoms. The maximum Gasteiger partial charge on any atom is 0.142 e. The van der Waals surface area contributed by atoms with Crippen molar-refractivity contribution in [2.24, 2.45) is 0 Å². The lowest BCUT2D eigenvalue weighted by molar-refractivity contribution is 0.256. The smallest absolute Gasteiger partial charge is 0.142 e. The molecule has 5 nitrogen and oxygen atoms in total. The highest BCUT2D eigenvalue weighted by molar-refractivity contribution is 5.29. The lowest BCUT2D eigenvalue weighted by atomic mass is 10.2. The van der Waals surface area contributed by atoms with Crippen LogP contribution in [0.4, 0.5) is 0 Å². The van der Waals surface area contributed by atoms with Crippen LogP contribution in [0.1, 0.15) is 11.4 Å². The Bertz CT molecular complexity index is 417. The van der Waals surface area contributed by atoms with E-state index in [-0.39, 0.29) is 6.10 Å². The van der Waals surface area contributed by atoms with Crippen LogP contribution in [0.15, 0.2) is 12.1 Å². The molecule has 0 radical (unpaired) electrons. The molecule has 0 bridgehead atoms. The molecular formula is C14H23N3O2. The van der Waals surface area contributed by atoms with E-state index in [0.29, 0.717) is 6.61 Å². The van der Waals surface area contributed by atoms with Crippen molar-refractivity contribution >= 4 is 0 Å². The van der Waals surface area contributed by atoms with Crippen molar-refractivity contribution < 1.29 is 9.47 Å². The zero-order valence-electron chi connectivity index (χ0n) is 12.2. The minimum Gasteiger partial charge on any atom is -0.489 e. The molecule has 2 heterocycles. The van der Waals surface area contributed by atoms with Gasteiger partial charge in [0.2, 0.25) is 0 Å². The Balaban J connectivity index is 2.09. The van der Waals surface area contributed by atoms with E-state index in [1.807, 2.05) is 40.3 Å². The summed E-state index contributed by atoms with van der Waals surface area (Å²) in [6, 6.07) is 4.05. The minimum atomic E-state index is 0.272. The number of hydrogen-bond acceptors (Lipinski definition) is 5. The highest BCUT2D eigenvalue weighted by Gasteiger charge is 2.23. The second-order valence-electron chi connectivity index (χ2n) is 5.49. The van der Waals surface area contributed by atoms with Gasteiger partial charge in [-0.25, -0.2) is 0 Å². The molecule has 2 rings (SSSR count). The summed E-state index contributed by atoms with van der Waals surface area (Å²) >= 11 is 0. The predicted molar refractivity (Wildman–Crippen MR) is 74.3 cm³/mol. The number of epoxide rings is 1. The normalized spacial score (nSPS) is 18.1. The summed E-state index contributed by atoms with van der Waals surface area (Å²) in [7, 11) is 8.16. The summed E-state index contributed by atoms with van der Waals surface area (Å²) in [6.45, 7) is 3.05. The molecule has 1 atom stereocenters. The molecule has 1 unspecified atom stereocenters. The van der Waals surface area contributed by atoms with Gasteiger partial charge in [-0.15, -0.1) is 0 Å². The van der Waals surface area contributed by atoms with E-state index in [1.54, 1.807) is 0 Å². The lowest BCUT2D eigenvalue weighted by Crippen LogP contribution is -2.17. The Morgan fingerprint density at radius 1 is 1.21 bits per heavy atom. The Labute approximate surface area is 115 Å². The van der Waals surface area contributed by atoms with Gasteiger partial charge in [0.25, 0.3) is 0 Å². The van der Waals surface area contributed by atoms with Crippen molar-refractivity contribution in [2.45, 2.75) is 19.2 Å². The van der Waals surface area contributed by atoms with Crippen LogP contribution >= 0.6 is 0 Å². The molecule has 1 aliphatic rings. The van der Waals surface area contributed by atoms with E-state index in [4.69, 9.17) is 14.5 Å². The Morgan fingerprint density at radius 2 is 1.89 bits per heavy atom. The fourth-order valence-electron chi connectivity index (χ4n) is 1.84. The molecule has 1 saturated heterocycles. The van der Waals surface area contributed by atoms with Crippen molar-refractivity contribution in [3.8, 4) is 5.75 Å². The van der Waals surface area contributed by atoms with E-state index < -0.39 is 0 Å². The van der Waals surface area contributed by atoms with Gasteiger partial charge in [0, 0.05) is 13.1 Å². The molecule has 1 aromatic heterocycles. The Hall–Kier alpha value is -1.17. The summed E-state index contributed by atoms with van der Waals surface area (Å²) in [4.78, 5) is 8.91. The zero-order valence-corrected chi connectivity index (χ0v) is 12.2. The predicted octanol–water partition coefficient (Wildman–Crippen LogP) is 0.982. The molecule has 0 N–H and O–H groups in total. The maximum absolute atomic E-state index is 5.79. The van der Waals surface area contributed by atoms with Gasteiger partial charge in [-0.05, 0) is 40.3 Å². The first-order valence-corrected chi connectivity index (χ1v) is 6.57. The number of hydrogen-bond donors (Lipinski definition) is 0. The first-order valence-electron chi connectivity index (χ1n) is 6.57. The number of aromatic nitrogens is 1. The highest BCUT2D eigenvalue weighted by Crippen LogP contribution is 2.21. The van der Waals surface area contributed by atoms with Crippen molar-refractivity contribution in [2.75, 3.05) is 41.4 Å². The quantitative estimate of drug-likeness (QED) is 0.688. The van der Waals surface area contributed by atoms with Crippen molar-refractivity contribution in [3.63, 3.8) is 0 Å². The van der Waals surface area contributed by atoms with Gasteiger partial charge in [0.1, 0.15) is 18.5 Å². The third-order valence-corrected chi connectivity index (χ3v) is 2.76. The first kappa shape index (κ1) is 14.2. The largest absolute Gasteiger partial charge is 0.489 e. The number of rotatable bonds is 7. The summed E-state index contributed by atoms with van der Waals surface area (Å²) in [5.41, 5.74) is 2.06. The van der Waals surface area contributed by atoms with E-state index >= 15 is 0 Å². The van der Waals surface area contributed by atoms with Crippen molar-refractivity contribution in [1.29, 1.82) is 0 Å². The topological polar surface area (TPSA) is 41.1 Å². The van der Waals surface area contributed by atoms with Crippen LogP contribution in [0.3, 0.4) is 0 Å². The average Bonchev–Trinajstić information content (AvgIpc) is 3.10. The van der Waals surface area contributed by atoms with Crippen LogP contribution in [0.5, 0.6) is 5.75 Å². The zero-order chi connectivity index (χ0) is 13.8. The van der Waals surface area contributed by atoms with Crippen molar-refractivity contribution in [1.82, 2.24) is 14.8 Å². The van der Waals surface area contributed by atoms with Gasteiger partial charge in [0.05, 0.1) is 18.0 Å². The van der Waals surface area contributed by atoms with E-state index in [9.17, 15) is 0 Å². The molecule has 1 aromatic rings. The minimum absolute atomic E-state index is 0.272. The lowest BCUT2D eigenvalue weighted by Gasteiger charge is -2.16. The summed E-state index contributed by atoms with van der Waals surface area (Å²) < 4.78 is 11.0. The number of nitrogens with zero attached hydrogens (tertiary/aromatic N) is 3. The molecule has 0 aromatic carbocycles. The molecule has 0 amide bonds. The molecule has 0 aliphatic carbocycles. The summed E-state index contributed by atoms with van der Waals surface area (Å²) in [5.74, 6) is 0.867. The van der Waals surface area contributed by atoms with E-state index in [2.05, 4.69) is 9.80 Å². The van der Waals surface area contributed by atoms with Crippen LogP contribution in [0, 0.1) is 0 Å². The third kappa shape index (κ3) is 4.78. The first-order chi connectivity index (χ1) is 9.04. The maximum atomic E-state index is 5.79. The van der Waals surface area contributed by atoms with Gasteiger partial charge in [-0.3, -0.25) is 4.98 Å². The molecule has 106 valence electrons. The monoisotopic (exact) mass is 265 g/mol. The fourth-order valence-corrected chi connectivity index (χ4v) is 1.84. The number of ether oxygens (including phenoxy) is 2. The van der Waals surface area contributed by atoms with Crippen LogP contribution in [0.25, 0.3) is 0 Å². The van der Waals surface area contributed by atoms with Crippen LogP contribution in [-0.4, -0.2) is 62.3 Å². The third-order valence-electron chi connectivity index (χ3n) is 2.76. The van der Waals surface area contributed by atoms with Gasteiger partial charge in [0.15, 0.2) is 0 Å². The standard InChI is InChI=1S/C14H23N3O2/c1-16(2)7-11-5-6-14(19-10-12-9-18-12)13(15-11)8-17(3)4/h5-6,12H,7-10H2,1-4H3. The number of pyridine rings is 1. The van der Waals surface area contributed by atoms with E-state index in [1.165, 1.54) is 0 Å². The van der Waals surface area contributed by atoms with Crippen LogP contribution < -0.4 is 4.74 Å². The molecule has 1 aliphatic heterocycles. The molecular weight excluding hydrogens is 242 g/mol. The molecule has 5 heteroatoms. The SMILES string of the molecule is CN(C)Cc1ccc(OCC2CO2)c(CN(C)C)n1. The molecule has 19 heavy (non-hydrogen) atoms. The summed E-state index contributed by atoms with van der Waals surface area (Å²) in [6.07, 6.45) is 0.272. The van der Waals surface area contributed by atoms with Crippen molar-refractivity contribution in [3.05, 3.63) is 23.5 Å². The van der Waals surface area contributed by atoms with Gasteiger partial charge < -0.3 is 19.3 Å². The van der Waals surface area contributed by atoms with Gasteiger partial charge in [-0.1, -0.05) is 0 Å². The molecule has 1 fully saturated rings. The summed E-state index contributed by atoms with van der Waals surface area (Å²) in [5, 5.41) is 0. The van der Waals surface area contributed by atoms with Gasteiger partial charge >= 0.3 is 0 Å². The van der Waals surface area contributed by atoms with Crippen LogP contribution in [0.2, 0.25) is 0 Å². The van der Waals surface area contributed by atoms with E-state index in [0.717, 1.165) is 36.8 Å². The fraction of sp³-hybridized carbons (Fsp3) is 0.643. The average molecular weight is 265 g/mol. The Kier molecular flexibility index (Phi) is 4.74. The second-order valence-corrected chi connectivity index (χ2v) is 5.49. The van der Waals surface area contributed by atoms with Crippen LogP contribution in [-0.2, 0) is 17.8 Å². The second kappa shape index (κ2) is 6.32. The van der Waals surface area contributed by atoms with Gasteiger partial charge in [-0.2, -0.15) is 0 Å².